The zero-order chi connectivity index (χ0) is 39.1. The third kappa shape index (κ3) is 5.67. The van der Waals surface area contributed by atoms with Gasteiger partial charge in [0.1, 0.15) is 0 Å². The molecule has 0 saturated carbocycles. The molecule has 0 fully saturated rings. The van der Waals surface area contributed by atoms with Crippen LogP contribution in [0.1, 0.15) is 61.1 Å². The summed E-state index contributed by atoms with van der Waals surface area (Å²) in [6.07, 6.45) is 0. The van der Waals surface area contributed by atoms with E-state index in [1.54, 1.807) is 0 Å². The summed E-state index contributed by atoms with van der Waals surface area (Å²) in [5, 5.41) is 0. The van der Waals surface area contributed by atoms with Crippen molar-refractivity contribution in [3.63, 3.8) is 0 Å². The third-order valence-electron chi connectivity index (χ3n) is 12.8. The predicted molar refractivity (Wildman–Crippen MR) is 242 cm³/mol. The maximum atomic E-state index is 2.49. The minimum atomic E-state index is -0.124. The van der Waals surface area contributed by atoms with Crippen LogP contribution >= 0.6 is 0 Å². The zero-order valence-electron chi connectivity index (χ0n) is 33.7. The van der Waals surface area contributed by atoms with Crippen LogP contribution < -0.4 is 4.90 Å². The van der Waals surface area contributed by atoms with Crippen molar-refractivity contribution >= 4 is 17.1 Å². The Balaban J connectivity index is 1.18. The lowest BCUT2D eigenvalue weighted by Crippen LogP contribution is -2.18. The summed E-state index contributed by atoms with van der Waals surface area (Å²) in [7, 11) is 0. The highest BCUT2D eigenvalue weighted by Gasteiger charge is 2.38. The van der Waals surface area contributed by atoms with Crippen molar-refractivity contribution in [2.75, 3.05) is 4.90 Å². The summed E-state index contributed by atoms with van der Waals surface area (Å²) in [5.41, 5.74) is 24.0. The number of anilines is 3. The summed E-state index contributed by atoms with van der Waals surface area (Å²) in [4.78, 5) is 2.49. The van der Waals surface area contributed by atoms with Crippen LogP contribution in [0.5, 0.6) is 0 Å². The van der Waals surface area contributed by atoms with Gasteiger partial charge in [-0.2, -0.15) is 0 Å². The molecule has 10 rings (SSSR count). The molecule has 0 heterocycles. The molecule has 0 saturated heterocycles. The molecule has 0 amide bonds. The molecule has 57 heavy (non-hydrogen) atoms. The van der Waals surface area contributed by atoms with Crippen molar-refractivity contribution in [3.05, 3.63) is 209 Å². The molecule has 2 aliphatic carbocycles. The molecule has 0 aliphatic heterocycles. The third-order valence-corrected chi connectivity index (χ3v) is 12.8. The second-order valence-electron chi connectivity index (χ2n) is 17.2. The molecule has 0 N–H and O–H groups in total. The van der Waals surface area contributed by atoms with Crippen LogP contribution in [0, 0.1) is 13.8 Å². The molecule has 0 spiro atoms. The number of hydrogen-bond acceptors (Lipinski definition) is 1. The van der Waals surface area contributed by atoms with Gasteiger partial charge in [-0.15, -0.1) is 0 Å². The van der Waals surface area contributed by atoms with E-state index >= 15 is 0 Å². The lowest BCUT2D eigenvalue weighted by atomic mass is 9.81. The topological polar surface area (TPSA) is 3.24 Å². The molecule has 0 atom stereocenters. The van der Waals surface area contributed by atoms with Crippen molar-refractivity contribution in [3.8, 4) is 55.6 Å². The Kier molecular flexibility index (Phi) is 8.03. The van der Waals surface area contributed by atoms with Gasteiger partial charge in [0, 0.05) is 27.9 Å². The summed E-state index contributed by atoms with van der Waals surface area (Å²) in [5.74, 6) is 0. The summed E-state index contributed by atoms with van der Waals surface area (Å²) < 4.78 is 0. The maximum absolute atomic E-state index is 2.49. The fourth-order valence-electron chi connectivity index (χ4n) is 9.66. The van der Waals surface area contributed by atoms with Gasteiger partial charge in [0.25, 0.3) is 0 Å². The molecular formula is C56H47N. The molecule has 0 aromatic heterocycles. The molecule has 1 nitrogen and oxygen atoms in total. The van der Waals surface area contributed by atoms with Crippen molar-refractivity contribution in [2.45, 2.75) is 52.4 Å². The normalized spacial score (nSPS) is 14.1. The molecule has 0 radical (unpaired) electrons. The molecule has 1 heteroatoms. The Hall–Kier alpha value is -6.44. The fraction of sp³-hybridized carbons (Fsp3) is 0.143. The van der Waals surface area contributed by atoms with E-state index in [2.05, 4.69) is 222 Å². The average molecular weight is 734 g/mol. The van der Waals surface area contributed by atoms with Crippen LogP contribution in [0.2, 0.25) is 0 Å². The highest BCUT2D eigenvalue weighted by molar-refractivity contribution is 5.92. The van der Waals surface area contributed by atoms with Gasteiger partial charge in [0.05, 0.1) is 0 Å². The second-order valence-corrected chi connectivity index (χ2v) is 17.2. The van der Waals surface area contributed by atoms with Gasteiger partial charge in [-0.25, -0.2) is 0 Å². The van der Waals surface area contributed by atoms with Crippen molar-refractivity contribution in [2.24, 2.45) is 0 Å². The van der Waals surface area contributed by atoms with E-state index in [9.17, 15) is 0 Å². The molecule has 276 valence electrons. The molecular weight excluding hydrogens is 687 g/mol. The van der Waals surface area contributed by atoms with E-state index in [0.29, 0.717) is 0 Å². The van der Waals surface area contributed by atoms with E-state index in [1.165, 1.54) is 89.0 Å². The van der Waals surface area contributed by atoms with Crippen LogP contribution in [0.4, 0.5) is 17.1 Å². The first kappa shape index (κ1) is 35.0. The lowest BCUT2D eigenvalue weighted by molar-refractivity contribution is 0.659. The van der Waals surface area contributed by atoms with Crippen molar-refractivity contribution in [1.29, 1.82) is 0 Å². The van der Waals surface area contributed by atoms with Crippen LogP contribution in [0.3, 0.4) is 0 Å². The minimum absolute atomic E-state index is 0.124. The van der Waals surface area contributed by atoms with Crippen molar-refractivity contribution in [1.82, 2.24) is 0 Å². The van der Waals surface area contributed by atoms with Crippen LogP contribution in [-0.2, 0) is 10.8 Å². The van der Waals surface area contributed by atoms with E-state index in [-0.39, 0.29) is 10.8 Å². The Morgan fingerprint density at radius 1 is 0.298 bits per heavy atom. The molecule has 0 bridgehead atoms. The number of benzene rings is 8. The van der Waals surface area contributed by atoms with Gasteiger partial charge in [-0.05, 0) is 128 Å². The average Bonchev–Trinajstić information content (AvgIpc) is 3.59. The number of nitrogens with zero attached hydrogens (tertiary/aromatic N) is 1. The quantitative estimate of drug-likeness (QED) is 0.164. The van der Waals surface area contributed by atoms with Gasteiger partial charge in [-0.3, -0.25) is 0 Å². The predicted octanol–water partition coefficient (Wildman–Crippen LogP) is 15.4. The number of hydrogen-bond donors (Lipinski definition) is 0. The summed E-state index contributed by atoms with van der Waals surface area (Å²) in [6, 6.07) is 65.8. The van der Waals surface area contributed by atoms with Crippen LogP contribution in [0.15, 0.2) is 176 Å². The highest BCUT2D eigenvalue weighted by Crippen LogP contribution is 2.54. The first-order valence-corrected chi connectivity index (χ1v) is 20.3. The fourth-order valence-corrected chi connectivity index (χ4v) is 9.66. The molecule has 0 unspecified atom stereocenters. The van der Waals surface area contributed by atoms with Gasteiger partial charge >= 0.3 is 0 Å². The largest absolute Gasteiger partial charge is 0.310 e. The number of rotatable bonds is 6. The van der Waals surface area contributed by atoms with E-state index in [1.807, 2.05) is 0 Å². The number of fused-ring (bicyclic) bond motifs is 6. The minimum Gasteiger partial charge on any atom is -0.310 e. The van der Waals surface area contributed by atoms with Crippen LogP contribution in [-0.4, -0.2) is 0 Å². The first-order valence-electron chi connectivity index (χ1n) is 20.3. The lowest BCUT2D eigenvalue weighted by Gasteiger charge is -2.30. The van der Waals surface area contributed by atoms with E-state index in [4.69, 9.17) is 0 Å². The SMILES string of the molecule is Cc1ccc2c(c1)C(C)(C)c1cc(N(c3ccc(-c4ccccc4)c(-c4ccc(-c5ccccc5)cc4)c3)c3ccc4c(c3)C(C)(C)c3cc(C)ccc3-4)ccc1-2. The van der Waals surface area contributed by atoms with Crippen LogP contribution in [0.25, 0.3) is 55.6 Å². The Labute approximate surface area is 337 Å². The van der Waals surface area contributed by atoms with E-state index in [0.717, 1.165) is 17.1 Å². The standard InChI is InChI=1S/C56H47N/c1-36-17-26-46-48-29-24-43(34-53(48)55(3,4)51(46)31-36)57(44-25-30-49-47-27-18-37(2)32-52(47)56(5,6)54(49)35-44)42-23-28-45(40-15-11-8-12-16-40)50(33-42)41-21-19-39(20-22-41)38-13-9-7-10-14-38/h7-35H,1-6H3. The molecule has 2 aliphatic rings. The second kappa shape index (κ2) is 13.1. The van der Waals surface area contributed by atoms with Gasteiger partial charge < -0.3 is 4.90 Å². The molecule has 8 aromatic carbocycles. The Bertz CT molecular complexity index is 2730. The highest BCUT2D eigenvalue weighted by atomic mass is 15.1. The van der Waals surface area contributed by atoms with Gasteiger partial charge in [0.15, 0.2) is 0 Å². The van der Waals surface area contributed by atoms with Gasteiger partial charge in [-0.1, -0.05) is 178 Å². The zero-order valence-corrected chi connectivity index (χ0v) is 33.7. The van der Waals surface area contributed by atoms with Crippen molar-refractivity contribution < 1.29 is 0 Å². The maximum Gasteiger partial charge on any atom is 0.0468 e. The van der Waals surface area contributed by atoms with E-state index < -0.39 is 0 Å². The Morgan fingerprint density at radius 3 is 1.14 bits per heavy atom. The first-order chi connectivity index (χ1) is 27.6. The monoisotopic (exact) mass is 733 g/mol. The smallest absolute Gasteiger partial charge is 0.0468 e. The molecule has 8 aromatic rings. The van der Waals surface area contributed by atoms with Gasteiger partial charge in [0.2, 0.25) is 0 Å². The summed E-state index contributed by atoms with van der Waals surface area (Å²) >= 11 is 0. The number of aryl methyl sites for hydroxylation is 2. The summed E-state index contributed by atoms with van der Waals surface area (Å²) in [6.45, 7) is 13.9. The Morgan fingerprint density at radius 2 is 0.649 bits per heavy atom.